The average molecular weight is 65.9 g/mol. The molecule has 2 radical (unpaired) electrons. The van der Waals surface area contributed by atoms with Gasteiger partial charge in [-0.3, -0.25) is 0 Å². The van der Waals surface area contributed by atoms with E-state index in [9.17, 15) is 0 Å². The van der Waals surface area contributed by atoms with Gasteiger partial charge < -0.3 is 0 Å². The molecular formula is C4H7B. The van der Waals surface area contributed by atoms with Crippen LogP contribution in [0.5, 0.6) is 0 Å². The zero-order valence-corrected chi connectivity index (χ0v) is 3.28. The van der Waals surface area contributed by atoms with Crippen molar-refractivity contribution in [2.75, 3.05) is 0 Å². The first-order valence-corrected chi connectivity index (χ1v) is 1.72. The summed E-state index contributed by atoms with van der Waals surface area (Å²) in [6.45, 7) is 3.47. The minimum absolute atomic E-state index is 0.726. The van der Waals surface area contributed by atoms with Crippen LogP contribution in [0.4, 0.5) is 0 Å². The second-order valence-electron chi connectivity index (χ2n) is 0.866. The van der Waals surface area contributed by atoms with Gasteiger partial charge >= 0.3 is 0 Å². The Kier molecular flexibility index (Phi) is 3.66. The van der Waals surface area contributed by atoms with E-state index >= 15 is 0 Å². The topological polar surface area (TPSA) is 0 Å². The fourth-order valence-corrected chi connectivity index (χ4v) is 0.118. The molecule has 0 nitrogen and oxygen atoms in total. The standard InChI is InChI=1S/C4H7B/c1-2-3-4-5/h2H,1,3-4H2. The minimum atomic E-state index is 0.726. The first-order chi connectivity index (χ1) is 2.41. The smallest absolute Gasteiger partial charge is 0.0657 e. The summed E-state index contributed by atoms with van der Waals surface area (Å²) in [5, 5.41) is 0. The molecule has 1 heteroatoms. The molecule has 0 aliphatic rings. The molecule has 0 aromatic carbocycles. The van der Waals surface area contributed by atoms with Gasteiger partial charge in [-0.05, 0) is 6.42 Å². The van der Waals surface area contributed by atoms with Crippen molar-refractivity contribution in [3.63, 3.8) is 0 Å². The van der Waals surface area contributed by atoms with Gasteiger partial charge in [-0.15, -0.1) is 6.58 Å². The fourth-order valence-electron chi connectivity index (χ4n) is 0.118. The Bertz CT molecular complexity index is 24.8. The Morgan fingerprint density at radius 3 is 2.40 bits per heavy atom. The van der Waals surface area contributed by atoms with E-state index in [1.54, 1.807) is 6.08 Å². The van der Waals surface area contributed by atoms with E-state index in [-0.39, 0.29) is 0 Å². The predicted molar refractivity (Wildman–Crippen MR) is 25.4 cm³/mol. The van der Waals surface area contributed by atoms with Crippen molar-refractivity contribution in [2.24, 2.45) is 0 Å². The van der Waals surface area contributed by atoms with Crippen LogP contribution < -0.4 is 0 Å². The Hall–Kier alpha value is -0.195. The molecule has 0 unspecified atom stereocenters. The summed E-state index contributed by atoms with van der Waals surface area (Å²) < 4.78 is 0. The Balaban J connectivity index is 2.40. The van der Waals surface area contributed by atoms with Crippen molar-refractivity contribution in [2.45, 2.75) is 12.7 Å². The number of hydrogen-bond acceptors (Lipinski definition) is 0. The number of rotatable bonds is 2. The summed E-state index contributed by atoms with van der Waals surface area (Å²) in [5.41, 5.74) is 0. The van der Waals surface area contributed by atoms with E-state index in [1.165, 1.54) is 0 Å². The quantitative estimate of drug-likeness (QED) is 0.335. The maximum atomic E-state index is 5.07. The molecule has 5 heavy (non-hydrogen) atoms. The summed E-state index contributed by atoms with van der Waals surface area (Å²) in [6.07, 6.45) is 3.46. The van der Waals surface area contributed by atoms with E-state index in [1.807, 2.05) is 0 Å². The van der Waals surface area contributed by atoms with Gasteiger partial charge in [-0.2, -0.15) is 0 Å². The van der Waals surface area contributed by atoms with Crippen LogP contribution in [0.1, 0.15) is 6.42 Å². The molecule has 0 aliphatic carbocycles. The van der Waals surface area contributed by atoms with Gasteiger partial charge in [0.05, 0.1) is 7.85 Å². The lowest BCUT2D eigenvalue weighted by molar-refractivity contribution is 1.22. The normalized spacial score (nSPS) is 7.20. The van der Waals surface area contributed by atoms with Crippen LogP contribution in [-0.4, -0.2) is 7.85 Å². The highest BCUT2D eigenvalue weighted by molar-refractivity contribution is 6.08. The van der Waals surface area contributed by atoms with Crippen LogP contribution >= 0.6 is 0 Å². The van der Waals surface area contributed by atoms with Crippen LogP contribution in [-0.2, 0) is 0 Å². The molecule has 0 atom stereocenters. The van der Waals surface area contributed by atoms with Crippen molar-refractivity contribution in [3.05, 3.63) is 12.7 Å². The lowest BCUT2D eigenvalue weighted by atomic mass is 10.0. The third-order valence-corrected chi connectivity index (χ3v) is 0.371. The second-order valence-corrected chi connectivity index (χ2v) is 0.866. The molecule has 0 bridgehead atoms. The molecule has 0 aromatic rings. The zero-order chi connectivity index (χ0) is 4.12. The van der Waals surface area contributed by atoms with Crippen molar-refractivity contribution in [1.82, 2.24) is 0 Å². The first kappa shape index (κ1) is 4.80. The van der Waals surface area contributed by atoms with Gasteiger partial charge in [0.15, 0.2) is 0 Å². The molecule has 0 aliphatic heterocycles. The van der Waals surface area contributed by atoms with E-state index in [0.29, 0.717) is 0 Å². The molecular weight excluding hydrogens is 58.9 g/mol. The Labute approximate surface area is 34.3 Å². The van der Waals surface area contributed by atoms with E-state index in [4.69, 9.17) is 7.85 Å². The highest BCUT2D eigenvalue weighted by Crippen LogP contribution is 1.79. The Morgan fingerprint density at radius 2 is 2.40 bits per heavy atom. The van der Waals surface area contributed by atoms with Gasteiger partial charge in [0.25, 0.3) is 0 Å². The van der Waals surface area contributed by atoms with Crippen molar-refractivity contribution < 1.29 is 0 Å². The molecule has 0 rings (SSSR count). The monoisotopic (exact) mass is 66.1 g/mol. The molecule has 0 fully saturated rings. The predicted octanol–water partition coefficient (Wildman–Crippen LogP) is 1.15. The lowest BCUT2D eigenvalue weighted by Gasteiger charge is -1.72. The third-order valence-electron chi connectivity index (χ3n) is 0.371. The molecule has 0 amide bonds. The van der Waals surface area contributed by atoms with Crippen molar-refractivity contribution in [1.29, 1.82) is 0 Å². The van der Waals surface area contributed by atoms with Gasteiger partial charge in [0.1, 0.15) is 0 Å². The van der Waals surface area contributed by atoms with Crippen LogP contribution in [0.2, 0.25) is 6.32 Å². The molecule has 0 saturated carbocycles. The van der Waals surface area contributed by atoms with Crippen LogP contribution in [0, 0.1) is 0 Å². The molecule has 0 heterocycles. The second kappa shape index (κ2) is 3.80. The number of hydrogen-bond donors (Lipinski definition) is 0. The average Bonchev–Trinajstić information content (AvgIpc) is 1.41. The van der Waals surface area contributed by atoms with Gasteiger partial charge in [-0.1, -0.05) is 12.4 Å². The largest absolute Gasteiger partial charge is 0.103 e. The molecule has 0 N–H and O–H groups in total. The van der Waals surface area contributed by atoms with Gasteiger partial charge in [0, 0.05) is 0 Å². The maximum Gasteiger partial charge on any atom is 0.0657 e. The van der Waals surface area contributed by atoms with Crippen molar-refractivity contribution >= 4 is 7.85 Å². The fraction of sp³-hybridized carbons (Fsp3) is 0.500. The summed E-state index contributed by atoms with van der Waals surface area (Å²) in [4.78, 5) is 0. The summed E-state index contributed by atoms with van der Waals surface area (Å²) in [5.74, 6) is 0. The van der Waals surface area contributed by atoms with Crippen LogP contribution in [0.3, 0.4) is 0 Å². The van der Waals surface area contributed by atoms with E-state index < -0.39 is 0 Å². The summed E-state index contributed by atoms with van der Waals surface area (Å²) >= 11 is 0. The molecule has 26 valence electrons. The van der Waals surface area contributed by atoms with Gasteiger partial charge in [-0.25, -0.2) is 0 Å². The Morgan fingerprint density at radius 1 is 1.80 bits per heavy atom. The minimum Gasteiger partial charge on any atom is -0.103 e. The highest BCUT2D eigenvalue weighted by atomic mass is 13.6. The number of allylic oxidation sites excluding steroid dienone is 1. The highest BCUT2D eigenvalue weighted by Gasteiger charge is 1.62. The molecule has 0 spiro atoms. The maximum absolute atomic E-state index is 5.07. The third kappa shape index (κ3) is 3.80. The van der Waals surface area contributed by atoms with Crippen LogP contribution in [0.25, 0.3) is 0 Å². The van der Waals surface area contributed by atoms with Gasteiger partial charge in [0.2, 0.25) is 0 Å². The van der Waals surface area contributed by atoms with E-state index in [0.717, 1.165) is 12.7 Å². The SMILES string of the molecule is [B]CCC=C. The van der Waals surface area contributed by atoms with Crippen LogP contribution in [0.15, 0.2) is 12.7 Å². The van der Waals surface area contributed by atoms with E-state index in [2.05, 4.69) is 6.58 Å². The van der Waals surface area contributed by atoms with Crippen molar-refractivity contribution in [3.8, 4) is 0 Å². The summed E-state index contributed by atoms with van der Waals surface area (Å²) in [6, 6.07) is 0. The zero-order valence-electron chi connectivity index (χ0n) is 3.28. The first-order valence-electron chi connectivity index (χ1n) is 1.72. The molecule has 0 aromatic heterocycles. The lowest BCUT2D eigenvalue weighted by Crippen LogP contribution is -1.58. The molecule has 0 saturated heterocycles. The summed E-state index contributed by atoms with van der Waals surface area (Å²) in [7, 11) is 5.07.